The van der Waals surface area contributed by atoms with Crippen molar-refractivity contribution in [1.82, 2.24) is 4.98 Å². The van der Waals surface area contributed by atoms with E-state index in [0.29, 0.717) is 0 Å². The molecule has 110 valence electrons. The first-order valence-corrected chi connectivity index (χ1v) is 6.67. The van der Waals surface area contributed by atoms with Crippen LogP contribution in [-0.4, -0.2) is 30.5 Å². The first-order valence-electron chi connectivity index (χ1n) is 6.67. The zero-order valence-corrected chi connectivity index (χ0v) is 12.1. The molecular formula is C15H18N4O2. The average Bonchev–Trinajstić information content (AvgIpc) is 2.53. The highest BCUT2D eigenvalue weighted by Gasteiger charge is 2.11. The number of anilines is 2. The number of non-ortho nitro benzene ring substituents is 1. The van der Waals surface area contributed by atoms with Gasteiger partial charge in [-0.3, -0.25) is 15.1 Å². The molecule has 0 amide bonds. The molecule has 1 heterocycles. The van der Waals surface area contributed by atoms with Crippen molar-refractivity contribution in [2.45, 2.75) is 6.42 Å². The predicted octanol–water partition coefficient (Wildman–Crippen LogP) is 2.71. The summed E-state index contributed by atoms with van der Waals surface area (Å²) in [7, 11) is 3.68. The van der Waals surface area contributed by atoms with Gasteiger partial charge in [-0.25, -0.2) is 0 Å². The molecular weight excluding hydrogens is 268 g/mol. The van der Waals surface area contributed by atoms with Crippen molar-refractivity contribution >= 4 is 17.1 Å². The van der Waals surface area contributed by atoms with Crippen molar-refractivity contribution in [3.05, 3.63) is 58.4 Å². The number of nitro benzene ring substituents is 1. The lowest BCUT2D eigenvalue weighted by molar-refractivity contribution is -0.384. The van der Waals surface area contributed by atoms with E-state index in [1.54, 1.807) is 25.5 Å². The van der Waals surface area contributed by atoms with Gasteiger partial charge in [0.1, 0.15) is 0 Å². The van der Waals surface area contributed by atoms with E-state index < -0.39 is 0 Å². The summed E-state index contributed by atoms with van der Waals surface area (Å²) in [6, 6.07) is 8.97. The van der Waals surface area contributed by atoms with Crippen LogP contribution in [-0.2, 0) is 6.42 Å². The number of nitrogens with one attached hydrogen (secondary N) is 1. The van der Waals surface area contributed by atoms with Gasteiger partial charge in [-0.05, 0) is 30.2 Å². The van der Waals surface area contributed by atoms with E-state index in [4.69, 9.17) is 0 Å². The Morgan fingerprint density at radius 1 is 1.29 bits per heavy atom. The molecule has 0 saturated heterocycles. The van der Waals surface area contributed by atoms with Gasteiger partial charge in [0, 0.05) is 56.5 Å². The van der Waals surface area contributed by atoms with Crippen LogP contribution < -0.4 is 10.2 Å². The van der Waals surface area contributed by atoms with Crippen LogP contribution in [0.4, 0.5) is 17.1 Å². The second-order valence-corrected chi connectivity index (χ2v) is 4.77. The largest absolute Gasteiger partial charge is 0.388 e. The maximum absolute atomic E-state index is 11.0. The van der Waals surface area contributed by atoms with Gasteiger partial charge >= 0.3 is 0 Å². The molecule has 0 atom stereocenters. The third-order valence-corrected chi connectivity index (χ3v) is 3.33. The van der Waals surface area contributed by atoms with Crippen molar-refractivity contribution in [2.24, 2.45) is 0 Å². The molecule has 0 bridgehead atoms. The molecule has 0 radical (unpaired) electrons. The lowest BCUT2D eigenvalue weighted by Crippen LogP contribution is -2.20. The highest BCUT2D eigenvalue weighted by Crippen LogP contribution is 2.26. The van der Waals surface area contributed by atoms with Crippen molar-refractivity contribution in [2.75, 3.05) is 30.9 Å². The molecule has 0 fully saturated rings. The molecule has 6 heteroatoms. The lowest BCUT2D eigenvalue weighted by Gasteiger charge is -2.20. The molecule has 21 heavy (non-hydrogen) atoms. The van der Waals surface area contributed by atoms with Crippen LogP contribution in [0.15, 0.2) is 42.7 Å². The zero-order valence-electron chi connectivity index (χ0n) is 12.1. The minimum atomic E-state index is -0.374. The summed E-state index contributed by atoms with van der Waals surface area (Å²) in [5, 5.41) is 13.9. The second-order valence-electron chi connectivity index (χ2n) is 4.77. The van der Waals surface area contributed by atoms with Gasteiger partial charge in [-0.1, -0.05) is 0 Å². The SMILES string of the molecule is CNc1cc(N(C)CCc2ccncc2)cc([N+](=O)[O-])c1. The maximum atomic E-state index is 11.0. The molecule has 0 aliphatic rings. The number of likely N-dealkylation sites (N-methyl/N-ethyl adjacent to an activating group) is 1. The minimum Gasteiger partial charge on any atom is -0.388 e. The van der Waals surface area contributed by atoms with E-state index in [0.717, 1.165) is 24.3 Å². The highest BCUT2D eigenvalue weighted by atomic mass is 16.6. The fourth-order valence-corrected chi connectivity index (χ4v) is 2.04. The molecule has 6 nitrogen and oxygen atoms in total. The Morgan fingerprint density at radius 2 is 2.00 bits per heavy atom. The molecule has 0 spiro atoms. The van der Waals surface area contributed by atoms with Gasteiger partial charge < -0.3 is 10.2 Å². The number of hydrogen-bond donors (Lipinski definition) is 1. The van der Waals surface area contributed by atoms with E-state index in [-0.39, 0.29) is 10.6 Å². The number of nitro groups is 1. The third-order valence-electron chi connectivity index (χ3n) is 3.33. The van der Waals surface area contributed by atoms with E-state index >= 15 is 0 Å². The number of rotatable bonds is 6. The summed E-state index contributed by atoms with van der Waals surface area (Å²) in [6.07, 6.45) is 4.39. The number of aromatic nitrogens is 1. The summed E-state index contributed by atoms with van der Waals surface area (Å²) in [4.78, 5) is 16.6. The average molecular weight is 286 g/mol. The minimum absolute atomic E-state index is 0.0904. The summed E-state index contributed by atoms with van der Waals surface area (Å²) in [5.41, 5.74) is 2.83. The Bertz CT molecular complexity index is 616. The number of benzene rings is 1. The van der Waals surface area contributed by atoms with Crippen molar-refractivity contribution in [3.63, 3.8) is 0 Å². The molecule has 1 aromatic carbocycles. The van der Waals surface area contributed by atoms with Crippen LogP contribution in [0.25, 0.3) is 0 Å². The Balaban J connectivity index is 2.12. The van der Waals surface area contributed by atoms with Gasteiger partial charge in [0.2, 0.25) is 0 Å². The first kappa shape index (κ1) is 14.8. The topological polar surface area (TPSA) is 71.3 Å². The van der Waals surface area contributed by atoms with E-state index in [2.05, 4.69) is 10.3 Å². The molecule has 0 unspecified atom stereocenters. The number of hydrogen-bond acceptors (Lipinski definition) is 5. The Hall–Kier alpha value is -2.63. The lowest BCUT2D eigenvalue weighted by atomic mass is 10.2. The molecule has 2 rings (SSSR count). The Kier molecular flexibility index (Phi) is 4.71. The molecule has 0 saturated carbocycles. The first-order chi connectivity index (χ1) is 10.1. The fourth-order valence-electron chi connectivity index (χ4n) is 2.04. The van der Waals surface area contributed by atoms with E-state index in [9.17, 15) is 10.1 Å². The summed E-state index contributed by atoms with van der Waals surface area (Å²) >= 11 is 0. The zero-order chi connectivity index (χ0) is 15.2. The van der Waals surface area contributed by atoms with Crippen LogP contribution >= 0.6 is 0 Å². The smallest absolute Gasteiger partial charge is 0.273 e. The van der Waals surface area contributed by atoms with Crippen LogP contribution in [0, 0.1) is 10.1 Å². The second kappa shape index (κ2) is 6.69. The van der Waals surface area contributed by atoms with Crippen LogP contribution in [0.5, 0.6) is 0 Å². The van der Waals surface area contributed by atoms with Crippen LogP contribution in [0.1, 0.15) is 5.56 Å². The molecule has 1 aromatic heterocycles. The third kappa shape index (κ3) is 3.92. The molecule has 0 aliphatic heterocycles. The quantitative estimate of drug-likeness (QED) is 0.653. The number of pyridine rings is 1. The Morgan fingerprint density at radius 3 is 2.62 bits per heavy atom. The Labute approximate surface area is 123 Å². The molecule has 2 aromatic rings. The van der Waals surface area contributed by atoms with Crippen molar-refractivity contribution in [1.29, 1.82) is 0 Å². The normalized spacial score (nSPS) is 10.2. The summed E-state index contributed by atoms with van der Waals surface area (Å²) < 4.78 is 0. The monoisotopic (exact) mass is 286 g/mol. The van der Waals surface area contributed by atoms with E-state index in [1.165, 1.54) is 11.6 Å². The van der Waals surface area contributed by atoms with Crippen LogP contribution in [0.2, 0.25) is 0 Å². The van der Waals surface area contributed by atoms with Gasteiger partial charge in [0.05, 0.1) is 4.92 Å². The van der Waals surface area contributed by atoms with Gasteiger partial charge in [0.15, 0.2) is 0 Å². The number of nitrogens with zero attached hydrogens (tertiary/aromatic N) is 3. The van der Waals surface area contributed by atoms with E-state index in [1.807, 2.05) is 30.1 Å². The van der Waals surface area contributed by atoms with Gasteiger partial charge in [-0.2, -0.15) is 0 Å². The summed E-state index contributed by atoms with van der Waals surface area (Å²) in [5.74, 6) is 0. The highest BCUT2D eigenvalue weighted by molar-refractivity contribution is 5.64. The van der Waals surface area contributed by atoms with Crippen molar-refractivity contribution in [3.8, 4) is 0 Å². The van der Waals surface area contributed by atoms with Gasteiger partial charge in [0.25, 0.3) is 5.69 Å². The fraction of sp³-hybridized carbons (Fsp3) is 0.267. The van der Waals surface area contributed by atoms with Gasteiger partial charge in [-0.15, -0.1) is 0 Å². The van der Waals surface area contributed by atoms with Crippen molar-refractivity contribution < 1.29 is 4.92 Å². The predicted molar refractivity (Wildman–Crippen MR) is 83.9 cm³/mol. The molecule has 0 aliphatic carbocycles. The van der Waals surface area contributed by atoms with Crippen LogP contribution in [0.3, 0.4) is 0 Å². The molecule has 1 N–H and O–H groups in total. The maximum Gasteiger partial charge on any atom is 0.273 e. The summed E-state index contributed by atoms with van der Waals surface area (Å²) in [6.45, 7) is 0.772. The standard InChI is InChI=1S/C15H18N4O2/c1-16-13-9-14(11-15(10-13)19(20)21)18(2)8-5-12-3-6-17-7-4-12/h3-4,6-7,9-11,16H,5,8H2,1-2H3.